The van der Waals surface area contributed by atoms with Crippen LogP contribution in [0.1, 0.15) is 19.3 Å². The SMILES string of the molecule is O=C(COC[C@H]1CCOC12CN(c1ncc(F)cn1)C2)N1CCCC1. The van der Waals surface area contributed by atoms with Crippen LogP contribution in [0.3, 0.4) is 0 Å². The fraction of sp³-hybridized carbons (Fsp3) is 0.706. The van der Waals surface area contributed by atoms with Gasteiger partial charge in [-0.1, -0.05) is 0 Å². The molecule has 3 fully saturated rings. The molecule has 3 aliphatic rings. The lowest BCUT2D eigenvalue weighted by Gasteiger charge is -2.50. The molecule has 1 spiro atoms. The molecule has 0 bridgehead atoms. The van der Waals surface area contributed by atoms with Crippen molar-refractivity contribution >= 4 is 11.9 Å². The number of halogens is 1. The van der Waals surface area contributed by atoms with E-state index in [1.165, 1.54) is 12.4 Å². The van der Waals surface area contributed by atoms with E-state index in [1.54, 1.807) is 0 Å². The molecule has 0 radical (unpaired) electrons. The second-order valence-electron chi connectivity index (χ2n) is 7.06. The van der Waals surface area contributed by atoms with Gasteiger partial charge in [-0.05, 0) is 19.3 Å². The molecule has 0 unspecified atom stereocenters. The molecule has 0 aliphatic carbocycles. The Balaban J connectivity index is 1.27. The molecule has 4 heterocycles. The number of aromatic nitrogens is 2. The Morgan fingerprint density at radius 3 is 2.76 bits per heavy atom. The van der Waals surface area contributed by atoms with E-state index in [4.69, 9.17) is 9.47 Å². The lowest BCUT2D eigenvalue weighted by atomic mass is 9.81. The monoisotopic (exact) mass is 350 g/mol. The topological polar surface area (TPSA) is 67.8 Å². The van der Waals surface area contributed by atoms with Gasteiger partial charge >= 0.3 is 0 Å². The first-order valence-corrected chi connectivity index (χ1v) is 8.88. The summed E-state index contributed by atoms with van der Waals surface area (Å²) in [5, 5.41) is 0. The Labute approximate surface area is 146 Å². The van der Waals surface area contributed by atoms with Crippen molar-refractivity contribution in [3.8, 4) is 0 Å². The van der Waals surface area contributed by atoms with Gasteiger partial charge in [0.15, 0.2) is 5.82 Å². The molecule has 4 rings (SSSR count). The lowest BCUT2D eigenvalue weighted by Crippen LogP contribution is -2.66. The summed E-state index contributed by atoms with van der Waals surface area (Å²) < 4.78 is 24.6. The van der Waals surface area contributed by atoms with Crippen LogP contribution in [0.15, 0.2) is 12.4 Å². The van der Waals surface area contributed by atoms with E-state index >= 15 is 0 Å². The van der Waals surface area contributed by atoms with Crippen LogP contribution in [0.5, 0.6) is 0 Å². The summed E-state index contributed by atoms with van der Waals surface area (Å²) in [5.74, 6) is 0.424. The predicted octanol–water partition coefficient (Wildman–Crippen LogP) is 0.850. The van der Waals surface area contributed by atoms with Crippen molar-refractivity contribution in [3.63, 3.8) is 0 Å². The second-order valence-corrected chi connectivity index (χ2v) is 7.06. The van der Waals surface area contributed by atoms with Crippen molar-refractivity contribution in [2.45, 2.75) is 24.9 Å². The number of likely N-dealkylation sites (tertiary alicyclic amines) is 1. The maximum absolute atomic E-state index is 12.9. The van der Waals surface area contributed by atoms with E-state index in [-0.39, 0.29) is 24.0 Å². The van der Waals surface area contributed by atoms with Gasteiger partial charge in [-0.2, -0.15) is 0 Å². The summed E-state index contributed by atoms with van der Waals surface area (Å²) in [7, 11) is 0. The van der Waals surface area contributed by atoms with E-state index in [0.29, 0.717) is 32.3 Å². The van der Waals surface area contributed by atoms with Crippen molar-refractivity contribution in [1.29, 1.82) is 0 Å². The standard InChI is InChI=1S/C17H23FN4O3/c18-14-7-19-16(20-8-14)22-11-17(12-22)13(3-6-25-17)9-24-10-15(23)21-4-1-2-5-21/h7-8,13H,1-6,9-12H2/t13-/m1/s1. The molecule has 0 aromatic carbocycles. The van der Waals surface area contributed by atoms with Gasteiger partial charge < -0.3 is 19.3 Å². The summed E-state index contributed by atoms with van der Waals surface area (Å²) in [6.45, 7) is 4.43. The van der Waals surface area contributed by atoms with E-state index < -0.39 is 5.82 Å². The molecular formula is C17H23FN4O3. The van der Waals surface area contributed by atoms with Crippen LogP contribution in [-0.4, -0.2) is 72.4 Å². The number of anilines is 1. The second kappa shape index (κ2) is 6.84. The fourth-order valence-electron chi connectivity index (χ4n) is 3.93. The zero-order valence-corrected chi connectivity index (χ0v) is 14.2. The van der Waals surface area contributed by atoms with Gasteiger partial charge in [0.2, 0.25) is 11.9 Å². The Morgan fingerprint density at radius 2 is 2.04 bits per heavy atom. The molecule has 1 aromatic rings. The van der Waals surface area contributed by atoms with E-state index in [0.717, 1.165) is 32.4 Å². The van der Waals surface area contributed by atoms with Gasteiger partial charge in [0.1, 0.15) is 12.2 Å². The first-order chi connectivity index (χ1) is 12.2. The molecule has 136 valence electrons. The highest BCUT2D eigenvalue weighted by Crippen LogP contribution is 2.41. The quantitative estimate of drug-likeness (QED) is 0.784. The van der Waals surface area contributed by atoms with Crippen molar-refractivity contribution in [2.24, 2.45) is 5.92 Å². The number of hydrogen-bond donors (Lipinski definition) is 0. The van der Waals surface area contributed by atoms with Crippen LogP contribution in [0.2, 0.25) is 0 Å². The summed E-state index contributed by atoms with van der Waals surface area (Å²) in [6, 6.07) is 0. The molecule has 25 heavy (non-hydrogen) atoms. The molecule has 1 atom stereocenters. The Bertz CT molecular complexity index is 615. The van der Waals surface area contributed by atoms with E-state index in [9.17, 15) is 9.18 Å². The van der Waals surface area contributed by atoms with Crippen LogP contribution in [0.4, 0.5) is 10.3 Å². The average molecular weight is 350 g/mol. The zero-order valence-electron chi connectivity index (χ0n) is 14.2. The predicted molar refractivity (Wildman–Crippen MR) is 87.6 cm³/mol. The number of rotatable bonds is 5. The van der Waals surface area contributed by atoms with Crippen molar-refractivity contribution < 1.29 is 18.7 Å². The highest BCUT2D eigenvalue weighted by atomic mass is 19.1. The third-order valence-corrected chi connectivity index (χ3v) is 5.41. The maximum atomic E-state index is 12.9. The molecular weight excluding hydrogens is 327 g/mol. The van der Waals surface area contributed by atoms with Gasteiger partial charge in [0.25, 0.3) is 0 Å². The number of amides is 1. The number of carbonyl (C=O) groups excluding carboxylic acids is 1. The third kappa shape index (κ3) is 3.32. The molecule has 7 nitrogen and oxygen atoms in total. The molecule has 1 amide bonds. The highest BCUT2D eigenvalue weighted by Gasteiger charge is 2.53. The van der Waals surface area contributed by atoms with Gasteiger partial charge in [-0.3, -0.25) is 4.79 Å². The summed E-state index contributed by atoms with van der Waals surface area (Å²) >= 11 is 0. The van der Waals surface area contributed by atoms with Gasteiger partial charge in [0.05, 0.1) is 32.1 Å². The largest absolute Gasteiger partial charge is 0.371 e. The normalized spacial score (nSPS) is 24.8. The molecule has 0 saturated carbocycles. The third-order valence-electron chi connectivity index (χ3n) is 5.41. The number of carbonyl (C=O) groups is 1. The van der Waals surface area contributed by atoms with Crippen molar-refractivity contribution in [1.82, 2.24) is 14.9 Å². The molecule has 3 saturated heterocycles. The number of ether oxygens (including phenoxy) is 2. The maximum Gasteiger partial charge on any atom is 0.248 e. The Hall–Kier alpha value is -1.80. The summed E-state index contributed by atoms with van der Waals surface area (Å²) in [5.41, 5.74) is -0.256. The minimum absolute atomic E-state index is 0.0837. The molecule has 3 aliphatic heterocycles. The minimum atomic E-state index is -0.440. The molecule has 8 heteroatoms. The lowest BCUT2D eigenvalue weighted by molar-refractivity contribution is -0.136. The first kappa shape index (κ1) is 16.7. The van der Waals surface area contributed by atoms with Crippen LogP contribution in [-0.2, 0) is 14.3 Å². The molecule has 0 N–H and O–H groups in total. The summed E-state index contributed by atoms with van der Waals surface area (Å²) in [4.78, 5) is 23.9. The van der Waals surface area contributed by atoms with E-state index in [2.05, 4.69) is 9.97 Å². The van der Waals surface area contributed by atoms with Crippen LogP contribution in [0.25, 0.3) is 0 Å². The average Bonchev–Trinajstić information content (AvgIpc) is 3.24. The van der Waals surface area contributed by atoms with Crippen molar-refractivity contribution in [3.05, 3.63) is 18.2 Å². The fourth-order valence-corrected chi connectivity index (χ4v) is 3.93. The van der Waals surface area contributed by atoms with Crippen LogP contribution in [0, 0.1) is 11.7 Å². The van der Waals surface area contributed by atoms with Gasteiger partial charge in [-0.25, -0.2) is 14.4 Å². The number of hydrogen-bond acceptors (Lipinski definition) is 6. The summed E-state index contributed by atoms with van der Waals surface area (Å²) in [6.07, 6.45) is 5.45. The smallest absolute Gasteiger partial charge is 0.248 e. The Morgan fingerprint density at radius 1 is 1.32 bits per heavy atom. The zero-order chi connectivity index (χ0) is 17.3. The van der Waals surface area contributed by atoms with E-state index in [1.807, 2.05) is 9.80 Å². The van der Waals surface area contributed by atoms with Crippen LogP contribution >= 0.6 is 0 Å². The first-order valence-electron chi connectivity index (χ1n) is 8.88. The highest BCUT2D eigenvalue weighted by molar-refractivity contribution is 5.77. The minimum Gasteiger partial charge on any atom is -0.371 e. The Kier molecular flexibility index (Phi) is 4.56. The molecule has 1 aromatic heterocycles. The van der Waals surface area contributed by atoms with Gasteiger partial charge in [-0.15, -0.1) is 0 Å². The van der Waals surface area contributed by atoms with Crippen LogP contribution < -0.4 is 4.90 Å². The number of nitrogens with zero attached hydrogens (tertiary/aromatic N) is 4. The van der Waals surface area contributed by atoms with Crippen molar-refractivity contribution in [2.75, 3.05) is 50.9 Å². The van der Waals surface area contributed by atoms with Gasteiger partial charge in [0, 0.05) is 25.6 Å².